The molecule has 0 saturated carbocycles. The number of aliphatic hydroxyl groups is 3. The van der Waals surface area contributed by atoms with Gasteiger partial charge in [-0.05, 0) is 13.8 Å². The summed E-state index contributed by atoms with van der Waals surface area (Å²) < 4.78 is 10.2. The van der Waals surface area contributed by atoms with Gasteiger partial charge >= 0.3 is 0 Å². The SMILES string of the molecule is CC(C)(O)O[C@@H]1CC(O)C(CO)O1. The van der Waals surface area contributed by atoms with Crippen molar-refractivity contribution in [3.63, 3.8) is 0 Å². The average molecular weight is 192 g/mol. The van der Waals surface area contributed by atoms with Gasteiger partial charge in [0.15, 0.2) is 12.1 Å². The van der Waals surface area contributed by atoms with E-state index in [4.69, 9.17) is 14.6 Å². The second-order valence-corrected chi connectivity index (χ2v) is 3.65. The lowest BCUT2D eigenvalue weighted by Gasteiger charge is -2.22. The van der Waals surface area contributed by atoms with Crippen LogP contribution in [0.15, 0.2) is 0 Å². The van der Waals surface area contributed by atoms with Crippen LogP contribution in [-0.2, 0) is 9.47 Å². The van der Waals surface area contributed by atoms with Crippen molar-refractivity contribution in [3.05, 3.63) is 0 Å². The van der Waals surface area contributed by atoms with Crippen LogP contribution in [0, 0.1) is 0 Å². The molecule has 1 aliphatic rings. The summed E-state index contributed by atoms with van der Waals surface area (Å²) in [4.78, 5) is 0. The van der Waals surface area contributed by atoms with Gasteiger partial charge in [0.1, 0.15) is 6.10 Å². The van der Waals surface area contributed by atoms with Gasteiger partial charge in [0, 0.05) is 6.42 Å². The Hall–Kier alpha value is -0.200. The number of hydrogen-bond acceptors (Lipinski definition) is 5. The van der Waals surface area contributed by atoms with E-state index in [9.17, 15) is 10.2 Å². The minimum atomic E-state index is -1.28. The summed E-state index contributed by atoms with van der Waals surface area (Å²) in [6.07, 6.45) is -1.70. The zero-order valence-electron chi connectivity index (χ0n) is 7.80. The van der Waals surface area contributed by atoms with Crippen molar-refractivity contribution >= 4 is 0 Å². The largest absolute Gasteiger partial charge is 0.394 e. The third-order valence-corrected chi connectivity index (χ3v) is 1.79. The van der Waals surface area contributed by atoms with Gasteiger partial charge in [0.2, 0.25) is 0 Å². The van der Waals surface area contributed by atoms with Crippen LogP contribution in [0.1, 0.15) is 20.3 Å². The lowest BCUT2D eigenvalue weighted by Crippen LogP contribution is -2.30. The van der Waals surface area contributed by atoms with Gasteiger partial charge in [-0.2, -0.15) is 0 Å². The molecule has 0 spiro atoms. The Morgan fingerprint density at radius 3 is 2.54 bits per heavy atom. The standard InChI is InChI=1S/C8H16O5/c1-8(2,11)13-7-3-5(10)6(4-9)12-7/h5-7,9-11H,3-4H2,1-2H3/t5?,6?,7-/m1/s1. The molecule has 1 aliphatic heterocycles. The second kappa shape index (κ2) is 3.89. The molecule has 13 heavy (non-hydrogen) atoms. The molecule has 5 nitrogen and oxygen atoms in total. The fourth-order valence-corrected chi connectivity index (χ4v) is 1.25. The van der Waals surface area contributed by atoms with Crippen molar-refractivity contribution in [1.82, 2.24) is 0 Å². The molecule has 3 N–H and O–H groups in total. The molecule has 1 rings (SSSR count). The van der Waals surface area contributed by atoms with E-state index in [-0.39, 0.29) is 13.0 Å². The number of ether oxygens (including phenoxy) is 2. The molecule has 0 aromatic rings. The fraction of sp³-hybridized carbons (Fsp3) is 1.00. The molecule has 1 saturated heterocycles. The highest BCUT2D eigenvalue weighted by Crippen LogP contribution is 2.24. The maximum absolute atomic E-state index is 9.31. The highest BCUT2D eigenvalue weighted by atomic mass is 16.7. The van der Waals surface area contributed by atoms with Gasteiger partial charge in [-0.1, -0.05) is 0 Å². The van der Waals surface area contributed by atoms with Crippen molar-refractivity contribution in [3.8, 4) is 0 Å². The molecule has 5 heteroatoms. The molecular formula is C8H16O5. The first-order valence-electron chi connectivity index (χ1n) is 4.27. The predicted octanol–water partition coefficient (Wildman–Crippen LogP) is -0.800. The lowest BCUT2D eigenvalue weighted by molar-refractivity contribution is -0.270. The van der Waals surface area contributed by atoms with Crippen molar-refractivity contribution in [2.75, 3.05) is 6.61 Å². The number of hydrogen-bond donors (Lipinski definition) is 3. The summed E-state index contributed by atoms with van der Waals surface area (Å²) in [6, 6.07) is 0. The van der Waals surface area contributed by atoms with Gasteiger partial charge in [-0.3, -0.25) is 0 Å². The van der Waals surface area contributed by atoms with Crippen LogP contribution >= 0.6 is 0 Å². The van der Waals surface area contributed by atoms with Crippen molar-refractivity contribution in [2.45, 2.75) is 44.6 Å². The van der Waals surface area contributed by atoms with E-state index in [0.717, 1.165) is 0 Å². The Balaban J connectivity index is 2.40. The Bertz CT molecular complexity index is 164. The summed E-state index contributed by atoms with van der Waals surface area (Å²) in [7, 11) is 0. The summed E-state index contributed by atoms with van der Waals surface area (Å²) >= 11 is 0. The Labute approximate surface area is 76.9 Å². The van der Waals surface area contributed by atoms with Gasteiger partial charge in [-0.15, -0.1) is 0 Å². The predicted molar refractivity (Wildman–Crippen MR) is 43.8 cm³/mol. The first-order chi connectivity index (χ1) is 5.92. The molecule has 0 aliphatic carbocycles. The molecule has 0 radical (unpaired) electrons. The number of aliphatic hydroxyl groups excluding tert-OH is 2. The molecule has 0 amide bonds. The zero-order valence-corrected chi connectivity index (χ0v) is 7.80. The highest BCUT2D eigenvalue weighted by molar-refractivity contribution is 4.77. The van der Waals surface area contributed by atoms with Crippen molar-refractivity contribution in [1.29, 1.82) is 0 Å². The highest BCUT2D eigenvalue weighted by Gasteiger charge is 2.36. The van der Waals surface area contributed by atoms with E-state index in [0.29, 0.717) is 0 Å². The smallest absolute Gasteiger partial charge is 0.164 e. The minimum Gasteiger partial charge on any atom is -0.394 e. The summed E-state index contributed by atoms with van der Waals surface area (Å²) in [6.45, 7) is 2.72. The van der Waals surface area contributed by atoms with Crippen LogP contribution < -0.4 is 0 Å². The van der Waals surface area contributed by atoms with Crippen LogP contribution in [0.25, 0.3) is 0 Å². The average Bonchev–Trinajstić information content (AvgIpc) is 2.26. The number of rotatable bonds is 3. The van der Waals surface area contributed by atoms with Gasteiger partial charge in [0.05, 0.1) is 12.7 Å². The monoisotopic (exact) mass is 192 g/mol. The van der Waals surface area contributed by atoms with Gasteiger partial charge < -0.3 is 24.8 Å². The van der Waals surface area contributed by atoms with E-state index in [1.807, 2.05) is 0 Å². The molecule has 0 bridgehead atoms. The molecule has 0 aromatic carbocycles. The first kappa shape index (κ1) is 10.9. The molecular weight excluding hydrogens is 176 g/mol. The Morgan fingerprint density at radius 2 is 2.15 bits per heavy atom. The molecule has 1 heterocycles. The topological polar surface area (TPSA) is 79.2 Å². The zero-order chi connectivity index (χ0) is 10.1. The van der Waals surface area contributed by atoms with Crippen LogP contribution in [0.5, 0.6) is 0 Å². The summed E-state index contributed by atoms with van der Waals surface area (Å²) in [5.74, 6) is -1.28. The van der Waals surface area contributed by atoms with Gasteiger partial charge in [0.25, 0.3) is 0 Å². The fourth-order valence-electron chi connectivity index (χ4n) is 1.25. The maximum Gasteiger partial charge on any atom is 0.164 e. The van der Waals surface area contributed by atoms with Gasteiger partial charge in [-0.25, -0.2) is 0 Å². The first-order valence-corrected chi connectivity index (χ1v) is 4.27. The molecule has 2 unspecified atom stereocenters. The molecule has 78 valence electrons. The van der Waals surface area contributed by atoms with E-state index in [1.54, 1.807) is 0 Å². The minimum absolute atomic E-state index is 0.243. The van der Waals surface area contributed by atoms with Crippen LogP contribution in [-0.4, -0.2) is 46.2 Å². The quantitative estimate of drug-likeness (QED) is 0.510. The van der Waals surface area contributed by atoms with E-state index < -0.39 is 24.3 Å². The second-order valence-electron chi connectivity index (χ2n) is 3.65. The van der Waals surface area contributed by atoms with Crippen LogP contribution in [0.4, 0.5) is 0 Å². The van der Waals surface area contributed by atoms with Crippen LogP contribution in [0.3, 0.4) is 0 Å². The van der Waals surface area contributed by atoms with E-state index in [1.165, 1.54) is 13.8 Å². The summed E-state index contributed by atoms with van der Waals surface area (Å²) in [5, 5.41) is 27.3. The van der Waals surface area contributed by atoms with Crippen LogP contribution in [0.2, 0.25) is 0 Å². The van der Waals surface area contributed by atoms with Crippen molar-refractivity contribution < 1.29 is 24.8 Å². The normalized spacial score (nSPS) is 35.3. The van der Waals surface area contributed by atoms with E-state index >= 15 is 0 Å². The molecule has 0 aromatic heterocycles. The Morgan fingerprint density at radius 1 is 1.54 bits per heavy atom. The van der Waals surface area contributed by atoms with E-state index in [2.05, 4.69) is 0 Å². The molecule has 3 atom stereocenters. The van der Waals surface area contributed by atoms with Crippen molar-refractivity contribution in [2.24, 2.45) is 0 Å². The lowest BCUT2D eigenvalue weighted by atomic mass is 10.2. The molecule has 1 fully saturated rings. The summed E-state index contributed by atoms with van der Waals surface area (Å²) in [5.41, 5.74) is 0. The Kier molecular flexibility index (Phi) is 3.26. The third-order valence-electron chi connectivity index (χ3n) is 1.79. The third kappa shape index (κ3) is 3.21. The maximum atomic E-state index is 9.31.